The van der Waals surface area contributed by atoms with Crippen molar-refractivity contribution < 1.29 is 0 Å². The molecule has 0 saturated carbocycles. The highest BCUT2D eigenvalue weighted by molar-refractivity contribution is 7.99. The van der Waals surface area contributed by atoms with Crippen LogP contribution in [0.3, 0.4) is 0 Å². The second-order valence-electron chi connectivity index (χ2n) is 7.67. The number of hydrogen-bond acceptors (Lipinski definition) is 4. The molecular formula is C27H30N4S. The number of likely N-dealkylation sites (N-methyl/N-ethyl adjacent to an activating group) is 1. The highest BCUT2D eigenvalue weighted by atomic mass is 32.2. The zero-order chi connectivity index (χ0) is 22.2. The minimum Gasteiger partial charge on any atom is -0.342 e. The summed E-state index contributed by atoms with van der Waals surface area (Å²) in [5, 5.41) is 3.53. The number of nitrogens with zero attached hydrogens (tertiary/aromatic N) is 3. The average molecular weight is 443 g/mol. The smallest absolute Gasteiger partial charge is 0.107 e. The van der Waals surface area contributed by atoms with Gasteiger partial charge in [0.2, 0.25) is 0 Å². The number of para-hydroxylation sites is 2. The molecule has 3 aromatic rings. The Bertz CT molecular complexity index is 1070. The molecule has 0 unspecified atom stereocenters. The van der Waals surface area contributed by atoms with Crippen LogP contribution >= 0.6 is 11.8 Å². The van der Waals surface area contributed by atoms with Crippen LogP contribution in [0.25, 0.3) is 0 Å². The van der Waals surface area contributed by atoms with Crippen molar-refractivity contribution in [2.24, 2.45) is 9.98 Å². The van der Waals surface area contributed by atoms with E-state index in [9.17, 15) is 0 Å². The van der Waals surface area contributed by atoms with Crippen LogP contribution in [0.2, 0.25) is 0 Å². The second-order valence-corrected chi connectivity index (χ2v) is 8.82. The van der Waals surface area contributed by atoms with Crippen LogP contribution in [-0.4, -0.2) is 42.6 Å². The Kier molecular flexibility index (Phi) is 7.75. The Morgan fingerprint density at radius 1 is 0.875 bits per heavy atom. The summed E-state index contributed by atoms with van der Waals surface area (Å²) in [4.78, 5) is 14.8. The Morgan fingerprint density at radius 3 is 2.31 bits per heavy atom. The molecule has 5 heteroatoms. The maximum absolute atomic E-state index is 5.00. The first-order valence-electron chi connectivity index (χ1n) is 11.3. The van der Waals surface area contributed by atoms with E-state index in [2.05, 4.69) is 84.7 Å². The standard InChI is InChI=1S/C27H30N4S/c1-3-31(4-2)19-18-28-27-20-26(29-24-12-8-9-13-25(24)30-27)21-14-16-23(17-15-21)32-22-10-6-5-7-11-22/h5-17H,3-4,18-20H2,1-2H3,(H,28,30). The number of anilines is 1. The summed E-state index contributed by atoms with van der Waals surface area (Å²) in [6.07, 6.45) is 0.693. The van der Waals surface area contributed by atoms with Crippen molar-refractivity contribution in [1.29, 1.82) is 0 Å². The van der Waals surface area contributed by atoms with Crippen LogP contribution < -0.4 is 5.32 Å². The summed E-state index contributed by atoms with van der Waals surface area (Å²) in [6.45, 7) is 8.25. The summed E-state index contributed by atoms with van der Waals surface area (Å²) in [6, 6.07) is 27.4. The molecule has 32 heavy (non-hydrogen) atoms. The lowest BCUT2D eigenvalue weighted by atomic mass is 10.1. The largest absolute Gasteiger partial charge is 0.342 e. The fourth-order valence-electron chi connectivity index (χ4n) is 3.69. The molecule has 0 atom stereocenters. The maximum Gasteiger partial charge on any atom is 0.107 e. The van der Waals surface area contributed by atoms with Gasteiger partial charge in [-0.25, -0.2) is 0 Å². The number of benzene rings is 3. The van der Waals surface area contributed by atoms with Crippen LogP contribution in [0.4, 0.5) is 11.4 Å². The van der Waals surface area contributed by atoms with Crippen molar-refractivity contribution in [3.63, 3.8) is 0 Å². The van der Waals surface area contributed by atoms with Gasteiger partial charge in [-0.2, -0.15) is 0 Å². The number of fused-ring (bicyclic) bond motifs is 1. The molecule has 0 fully saturated rings. The first-order chi connectivity index (χ1) is 15.7. The molecule has 1 heterocycles. The topological polar surface area (TPSA) is 40.0 Å². The Labute approximate surface area is 195 Å². The molecule has 1 aliphatic rings. The van der Waals surface area contributed by atoms with E-state index in [0.29, 0.717) is 6.42 Å². The minimum absolute atomic E-state index is 0.693. The zero-order valence-electron chi connectivity index (χ0n) is 18.8. The van der Waals surface area contributed by atoms with Gasteiger partial charge in [0, 0.05) is 22.8 Å². The number of aliphatic imine (C=N–C) groups is 2. The zero-order valence-corrected chi connectivity index (χ0v) is 19.6. The molecule has 0 spiro atoms. The van der Waals surface area contributed by atoms with E-state index >= 15 is 0 Å². The molecule has 0 radical (unpaired) electrons. The highest BCUT2D eigenvalue weighted by Crippen LogP contribution is 2.31. The van der Waals surface area contributed by atoms with E-state index in [4.69, 9.17) is 9.98 Å². The summed E-state index contributed by atoms with van der Waals surface area (Å²) >= 11 is 1.77. The van der Waals surface area contributed by atoms with E-state index < -0.39 is 0 Å². The maximum atomic E-state index is 5.00. The molecular weight excluding hydrogens is 412 g/mol. The Hall–Kier alpha value is -2.89. The quantitative estimate of drug-likeness (QED) is 0.432. The predicted octanol–water partition coefficient (Wildman–Crippen LogP) is 6.51. The van der Waals surface area contributed by atoms with Gasteiger partial charge in [0.1, 0.15) is 5.84 Å². The third kappa shape index (κ3) is 5.87. The van der Waals surface area contributed by atoms with Crippen molar-refractivity contribution in [1.82, 2.24) is 4.90 Å². The number of amidine groups is 1. The highest BCUT2D eigenvalue weighted by Gasteiger charge is 2.16. The van der Waals surface area contributed by atoms with Crippen LogP contribution in [0, 0.1) is 0 Å². The van der Waals surface area contributed by atoms with Gasteiger partial charge in [-0.3, -0.25) is 9.98 Å². The van der Waals surface area contributed by atoms with Gasteiger partial charge in [-0.15, -0.1) is 0 Å². The molecule has 0 bridgehead atoms. The predicted molar refractivity (Wildman–Crippen MR) is 138 cm³/mol. The molecule has 1 N–H and O–H groups in total. The monoisotopic (exact) mass is 442 g/mol. The van der Waals surface area contributed by atoms with Gasteiger partial charge in [-0.1, -0.05) is 68.1 Å². The molecule has 0 amide bonds. The fourth-order valence-corrected chi connectivity index (χ4v) is 4.53. The van der Waals surface area contributed by atoms with Crippen molar-refractivity contribution in [2.75, 3.05) is 31.5 Å². The lowest BCUT2D eigenvalue weighted by molar-refractivity contribution is 0.313. The van der Waals surface area contributed by atoms with Crippen molar-refractivity contribution in [3.8, 4) is 0 Å². The summed E-state index contributed by atoms with van der Waals surface area (Å²) in [5.74, 6) is 0.976. The third-order valence-electron chi connectivity index (χ3n) is 5.55. The number of hydrogen-bond donors (Lipinski definition) is 1. The van der Waals surface area contributed by atoms with Gasteiger partial charge in [0.15, 0.2) is 0 Å². The van der Waals surface area contributed by atoms with E-state index in [1.807, 2.05) is 18.2 Å². The normalized spacial score (nSPS) is 14.6. The molecule has 3 aromatic carbocycles. The summed E-state index contributed by atoms with van der Waals surface area (Å²) in [7, 11) is 0. The fraction of sp³-hybridized carbons (Fsp3) is 0.259. The molecule has 164 valence electrons. The van der Waals surface area contributed by atoms with Crippen LogP contribution in [-0.2, 0) is 0 Å². The minimum atomic E-state index is 0.693. The Balaban J connectivity index is 1.55. The van der Waals surface area contributed by atoms with E-state index in [-0.39, 0.29) is 0 Å². The first kappa shape index (κ1) is 22.3. The molecule has 0 aromatic heterocycles. The van der Waals surface area contributed by atoms with Crippen molar-refractivity contribution >= 4 is 34.7 Å². The molecule has 0 aliphatic carbocycles. The summed E-state index contributed by atoms with van der Waals surface area (Å²) in [5.41, 5.74) is 4.15. The second kappa shape index (κ2) is 11.1. The van der Waals surface area contributed by atoms with Gasteiger partial charge in [0.05, 0.1) is 23.6 Å². The van der Waals surface area contributed by atoms with Crippen molar-refractivity contribution in [3.05, 3.63) is 84.4 Å². The van der Waals surface area contributed by atoms with Crippen LogP contribution in [0.5, 0.6) is 0 Å². The molecule has 4 nitrogen and oxygen atoms in total. The van der Waals surface area contributed by atoms with E-state index in [1.54, 1.807) is 11.8 Å². The first-order valence-corrected chi connectivity index (χ1v) is 12.1. The lowest BCUT2D eigenvalue weighted by Gasteiger charge is -2.17. The SMILES string of the molecule is CCN(CC)CCN=C1CC(c2ccc(Sc3ccccc3)cc2)=Nc2ccccc2N1. The molecule has 1 aliphatic heterocycles. The van der Waals surface area contributed by atoms with Gasteiger partial charge < -0.3 is 10.2 Å². The Morgan fingerprint density at radius 2 is 1.56 bits per heavy atom. The number of rotatable bonds is 8. The molecule has 4 rings (SSSR count). The van der Waals surface area contributed by atoms with Gasteiger partial charge >= 0.3 is 0 Å². The van der Waals surface area contributed by atoms with Gasteiger partial charge in [0.25, 0.3) is 0 Å². The average Bonchev–Trinajstić information content (AvgIpc) is 3.02. The lowest BCUT2D eigenvalue weighted by Crippen LogP contribution is -2.26. The van der Waals surface area contributed by atoms with Gasteiger partial charge in [-0.05, 0) is 55.1 Å². The number of nitrogens with one attached hydrogen (secondary N) is 1. The van der Waals surface area contributed by atoms with Crippen LogP contribution in [0.15, 0.2) is 98.6 Å². The third-order valence-corrected chi connectivity index (χ3v) is 6.57. The van der Waals surface area contributed by atoms with Crippen LogP contribution in [0.1, 0.15) is 25.8 Å². The van der Waals surface area contributed by atoms with E-state index in [0.717, 1.165) is 54.7 Å². The van der Waals surface area contributed by atoms with E-state index in [1.165, 1.54) is 9.79 Å². The molecule has 0 saturated heterocycles. The summed E-state index contributed by atoms with van der Waals surface area (Å²) < 4.78 is 0. The van der Waals surface area contributed by atoms with Crippen molar-refractivity contribution in [2.45, 2.75) is 30.1 Å².